The van der Waals surface area contributed by atoms with Gasteiger partial charge in [0.2, 0.25) is 5.91 Å². The second kappa shape index (κ2) is 5.87. The molecule has 0 aliphatic heterocycles. The summed E-state index contributed by atoms with van der Waals surface area (Å²) in [6, 6.07) is 7.53. The van der Waals surface area contributed by atoms with Crippen molar-refractivity contribution in [1.82, 2.24) is 0 Å². The molecular formula is C14H20N2O2. The molecule has 3 N–H and O–H groups in total. The normalized spacial score (nSPS) is 22.8. The molecule has 1 amide bonds. The molecule has 2 rings (SSSR count). The molecule has 0 bridgehead atoms. The van der Waals surface area contributed by atoms with E-state index in [1.165, 1.54) is 6.92 Å². The maximum Gasteiger partial charge on any atom is 0.221 e. The SMILES string of the molecule is CC(=O)Nc1ccccc1OC1CCCC1CN. The van der Waals surface area contributed by atoms with E-state index in [0.29, 0.717) is 12.5 Å². The zero-order valence-electron chi connectivity index (χ0n) is 10.7. The van der Waals surface area contributed by atoms with Crippen LogP contribution in [0, 0.1) is 5.92 Å². The molecule has 1 aromatic carbocycles. The van der Waals surface area contributed by atoms with Crippen molar-refractivity contribution in [2.45, 2.75) is 32.3 Å². The van der Waals surface area contributed by atoms with Gasteiger partial charge in [0.1, 0.15) is 11.9 Å². The number of amides is 1. The molecule has 4 nitrogen and oxygen atoms in total. The smallest absolute Gasteiger partial charge is 0.221 e. The summed E-state index contributed by atoms with van der Waals surface area (Å²) in [6.07, 6.45) is 3.50. The van der Waals surface area contributed by atoms with Crippen molar-refractivity contribution >= 4 is 11.6 Å². The van der Waals surface area contributed by atoms with Gasteiger partial charge in [-0.2, -0.15) is 0 Å². The fraction of sp³-hybridized carbons (Fsp3) is 0.500. The Morgan fingerprint density at radius 1 is 1.44 bits per heavy atom. The average molecular weight is 248 g/mol. The van der Waals surface area contributed by atoms with E-state index in [2.05, 4.69) is 5.32 Å². The third kappa shape index (κ3) is 3.01. The maximum absolute atomic E-state index is 11.1. The van der Waals surface area contributed by atoms with E-state index in [4.69, 9.17) is 10.5 Å². The van der Waals surface area contributed by atoms with Crippen molar-refractivity contribution in [3.05, 3.63) is 24.3 Å². The molecule has 0 aromatic heterocycles. The summed E-state index contributed by atoms with van der Waals surface area (Å²) in [7, 11) is 0. The Morgan fingerprint density at radius 3 is 2.94 bits per heavy atom. The van der Waals surface area contributed by atoms with Gasteiger partial charge in [0.15, 0.2) is 0 Å². The first-order valence-corrected chi connectivity index (χ1v) is 6.44. The molecule has 4 heteroatoms. The number of benzene rings is 1. The quantitative estimate of drug-likeness (QED) is 0.858. The van der Waals surface area contributed by atoms with Crippen LogP contribution in [0.3, 0.4) is 0 Å². The van der Waals surface area contributed by atoms with Crippen molar-refractivity contribution in [1.29, 1.82) is 0 Å². The van der Waals surface area contributed by atoms with E-state index >= 15 is 0 Å². The van der Waals surface area contributed by atoms with Crippen LogP contribution >= 0.6 is 0 Å². The van der Waals surface area contributed by atoms with Crippen molar-refractivity contribution in [3.8, 4) is 5.75 Å². The Bertz CT molecular complexity index is 420. The summed E-state index contributed by atoms with van der Waals surface area (Å²) in [4.78, 5) is 11.1. The van der Waals surface area contributed by atoms with E-state index in [1.54, 1.807) is 0 Å². The second-order valence-corrected chi connectivity index (χ2v) is 4.76. The predicted molar refractivity (Wildman–Crippen MR) is 71.6 cm³/mol. The molecular weight excluding hydrogens is 228 g/mol. The summed E-state index contributed by atoms with van der Waals surface area (Å²) < 4.78 is 6.02. The van der Waals surface area contributed by atoms with E-state index in [9.17, 15) is 4.79 Å². The summed E-state index contributed by atoms with van der Waals surface area (Å²) in [6.45, 7) is 2.15. The largest absolute Gasteiger partial charge is 0.488 e. The lowest BCUT2D eigenvalue weighted by Gasteiger charge is -2.21. The van der Waals surface area contributed by atoms with Crippen molar-refractivity contribution in [2.75, 3.05) is 11.9 Å². The molecule has 0 spiro atoms. The number of carbonyl (C=O) groups excluding carboxylic acids is 1. The number of hydrogen-bond donors (Lipinski definition) is 2. The highest BCUT2D eigenvalue weighted by atomic mass is 16.5. The van der Waals surface area contributed by atoms with Gasteiger partial charge >= 0.3 is 0 Å². The second-order valence-electron chi connectivity index (χ2n) is 4.76. The number of para-hydroxylation sites is 2. The Kier molecular flexibility index (Phi) is 4.20. The molecule has 0 saturated heterocycles. The molecule has 98 valence electrons. The predicted octanol–water partition coefficient (Wildman–Crippen LogP) is 2.15. The Labute approximate surface area is 108 Å². The first-order valence-electron chi connectivity index (χ1n) is 6.44. The molecule has 18 heavy (non-hydrogen) atoms. The van der Waals surface area contributed by atoms with Crippen molar-refractivity contribution in [3.63, 3.8) is 0 Å². The topological polar surface area (TPSA) is 64.3 Å². The van der Waals surface area contributed by atoms with Crippen LogP contribution in [0.25, 0.3) is 0 Å². The highest BCUT2D eigenvalue weighted by Gasteiger charge is 2.28. The molecule has 2 atom stereocenters. The number of rotatable bonds is 4. The minimum absolute atomic E-state index is 0.0900. The summed E-state index contributed by atoms with van der Waals surface area (Å²) in [5.41, 5.74) is 6.48. The molecule has 0 heterocycles. The Balaban J connectivity index is 2.10. The third-order valence-electron chi connectivity index (χ3n) is 3.37. The van der Waals surface area contributed by atoms with Crippen LogP contribution in [-0.2, 0) is 4.79 Å². The number of hydrogen-bond acceptors (Lipinski definition) is 3. The van der Waals surface area contributed by atoms with Gasteiger partial charge in [-0.25, -0.2) is 0 Å². The van der Waals surface area contributed by atoms with Crippen LogP contribution < -0.4 is 15.8 Å². The molecule has 2 unspecified atom stereocenters. The molecule has 1 aliphatic rings. The lowest BCUT2D eigenvalue weighted by molar-refractivity contribution is -0.114. The van der Waals surface area contributed by atoms with Crippen molar-refractivity contribution in [2.24, 2.45) is 11.7 Å². The van der Waals surface area contributed by atoms with Gasteiger partial charge in [-0.05, 0) is 37.9 Å². The van der Waals surface area contributed by atoms with Gasteiger partial charge in [0.25, 0.3) is 0 Å². The van der Waals surface area contributed by atoms with Crippen LogP contribution in [0.4, 0.5) is 5.69 Å². The van der Waals surface area contributed by atoms with Gasteiger partial charge < -0.3 is 15.8 Å². The minimum Gasteiger partial charge on any atom is -0.488 e. The fourth-order valence-corrected chi connectivity index (χ4v) is 2.45. The zero-order chi connectivity index (χ0) is 13.0. The van der Waals surface area contributed by atoms with E-state index in [1.807, 2.05) is 24.3 Å². The van der Waals surface area contributed by atoms with E-state index in [0.717, 1.165) is 30.7 Å². The Morgan fingerprint density at radius 2 is 2.22 bits per heavy atom. The van der Waals surface area contributed by atoms with Crippen molar-refractivity contribution < 1.29 is 9.53 Å². The van der Waals surface area contributed by atoms with Gasteiger partial charge in [0, 0.05) is 12.8 Å². The summed E-state index contributed by atoms with van der Waals surface area (Å²) in [5, 5.41) is 2.79. The van der Waals surface area contributed by atoms with Crippen LogP contribution in [0.1, 0.15) is 26.2 Å². The van der Waals surface area contributed by atoms with Crippen LogP contribution in [-0.4, -0.2) is 18.6 Å². The molecule has 1 aliphatic carbocycles. The number of nitrogens with two attached hydrogens (primary N) is 1. The summed E-state index contributed by atoms with van der Waals surface area (Å²) >= 11 is 0. The molecule has 1 aromatic rings. The van der Waals surface area contributed by atoms with E-state index < -0.39 is 0 Å². The first-order chi connectivity index (χ1) is 8.70. The lowest BCUT2D eigenvalue weighted by Crippen LogP contribution is -2.28. The lowest BCUT2D eigenvalue weighted by atomic mass is 10.1. The van der Waals surface area contributed by atoms with Crippen LogP contribution in [0.15, 0.2) is 24.3 Å². The van der Waals surface area contributed by atoms with Gasteiger partial charge in [-0.3, -0.25) is 4.79 Å². The first kappa shape index (κ1) is 12.9. The monoisotopic (exact) mass is 248 g/mol. The molecule has 1 fully saturated rings. The zero-order valence-corrected chi connectivity index (χ0v) is 10.7. The molecule has 0 radical (unpaired) electrons. The number of anilines is 1. The average Bonchev–Trinajstić information content (AvgIpc) is 2.78. The standard InChI is InChI=1S/C14H20N2O2/c1-10(17)16-12-6-2-3-7-14(12)18-13-8-4-5-11(13)9-15/h2-3,6-7,11,13H,4-5,8-9,15H2,1H3,(H,16,17). The highest BCUT2D eigenvalue weighted by molar-refractivity contribution is 5.90. The summed E-state index contributed by atoms with van der Waals surface area (Å²) in [5.74, 6) is 1.07. The number of carbonyl (C=O) groups is 1. The van der Waals surface area contributed by atoms with Gasteiger partial charge in [-0.15, -0.1) is 0 Å². The number of ether oxygens (including phenoxy) is 1. The Hall–Kier alpha value is -1.55. The maximum atomic E-state index is 11.1. The van der Waals surface area contributed by atoms with E-state index in [-0.39, 0.29) is 12.0 Å². The van der Waals surface area contributed by atoms with Gasteiger partial charge in [-0.1, -0.05) is 12.1 Å². The molecule has 1 saturated carbocycles. The van der Waals surface area contributed by atoms with Crippen LogP contribution in [0.5, 0.6) is 5.75 Å². The minimum atomic E-state index is -0.0900. The van der Waals surface area contributed by atoms with Gasteiger partial charge in [0.05, 0.1) is 5.69 Å². The van der Waals surface area contributed by atoms with Crippen LogP contribution in [0.2, 0.25) is 0 Å². The fourth-order valence-electron chi connectivity index (χ4n) is 2.45. The third-order valence-corrected chi connectivity index (χ3v) is 3.37. The number of nitrogens with one attached hydrogen (secondary N) is 1. The highest BCUT2D eigenvalue weighted by Crippen LogP contribution is 2.32.